The van der Waals surface area contributed by atoms with Gasteiger partial charge in [-0.3, -0.25) is 4.79 Å². The molecule has 170 valence electrons. The standard InChI is InChI=1S/C28H29NO4/c1-18(2)19-10-7-11-20(14-19)24-15-21(12-13-25(24)32-3)26(30)29-28(27(31)33-4)16-22-8-5-6-9-23(22)17-28/h5-15,18H,16-17H2,1-4H3,(H,29,30). The van der Waals surface area contributed by atoms with E-state index in [1.165, 1.54) is 12.7 Å². The third-order valence-corrected chi connectivity index (χ3v) is 6.36. The van der Waals surface area contributed by atoms with Crippen molar-refractivity contribution >= 4 is 11.9 Å². The van der Waals surface area contributed by atoms with Crippen LogP contribution in [0.2, 0.25) is 0 Å². The van der Waals surface area contributed by atoms with Crippen LogP contribution < -0.4 is 10.1 Å². The highest BCUT2D eigenvalue weighted by atomic mass is 16.5. The number of hydrogen-bond acceptors (Lipinski definition) is 4. The second kappa shape index (κ2) is 9.10. The molecule has 0 saturated heterocycles. The number of fused-ring (bicyclic) bond motifs is 1. The van der Waals surface area contributed by atoms with E-state index in [0.29, 0.717) is 30.1 Å². The predicted molar refractivity (Wildman–Crippen MR) is 129 cm³/mol. The molecule has 33 heavy (non-hydrogen) atoms. The van der Waals surface area contributed by atoms with Crippen LogP contribution in [0.5, 0.6) is 5.75 Å². The fourth-order valence-corrected chi connectivity index (χ4v) is 4.52. The van der Waals surface area contributed by atoms with E-state index in [4.69, 9.17) is 9.47 Å². The Labute approximate surface area is 194 Å². The van der Waals surface area contributed by atoms with Crippen molar-refractivity contribution in [3.63, 3.8) is 0 Å². The number of nitrogens with one attached hydrogen (secondary N) is 1. The topological polar surface area (TPSA) is 64.6 Å². The molecule has 0 saturated carbocycles. The lowest BCUT2D eigenvalue weighted by atomic mass is 9.93. The van der Waals surface area contributed by atoms with Crippen LogP contribution in [-0.4, -0.2) is 31.6 Å². The van der Waals surface area contributed by atoms with Gasteiger partial charge < -0.3 is 14.8 Å². The van der Waals surface area contributed by atoms with Crippen molar-refractivity contribution < 1.29 is 19.1 Å². The summed E-state index contributed by atoms with van der Waals surface area (Å²) in [6.45, 7) is 4.29. The average Bonchev–Trinajstić information content (AvgIpc) is 3.22. The molecule has 1 N–H and O–H groups in total. The molecule has 0 heterocycles. The van der Waals surface area contributed by atoms with E-state index in [0.717, 1.165) is 22.3 Å². The van der Waals surface area contributed by atoms with Crippen LogP contribution in [0.4, 0.5) is 0 Å². The zero-order chi connectivity index (χ0) is 23.6. The smallest absolute Gasteiger partial charge is 0.332 e. The molecule has 4 rings (SSSR count). The lowest BCUT2D eigenvalue weighted by molar-refractivity contribution is -0.147. The third-order valence-electron chi connectivity index (χ3n) is 6.36. The highest BCUT2D eigenvalue weighted by molar-refractivity contribution is 6.00. The first kappa shape index (κ1) is 22.6. The van der Waals surface area contributed by atoms with Crippen molar-refractivity contribution in [1.29, 1.82) is 0 Å². The van der Waals surface area contributed by atoms with Crippen LogP contribution in [0.15, 0.2) is 66.7 Å². The summed E-state index contributed by atoms with van der Waals surface area (Å²) < 4.78 is 10.7. The number of methoxy groups -OCH3 is 2. The molecule has 1 aliphatic rings. The van der Waals surface area contributed by atoms with E-state index in [9.17, 15) is 9.59 Å². The van der Waals surface area contributed by atoms with E-state index in [1.54, 1.807) is 19.2 Å². The van der Waals surface area contributed by atoms with Crippen LogP contribution in [0.25, 0.3) is 11.1 Å². The Morgan fingerprint density at radius 3 is 2.21 bits per heavy atom. The summed E-state index contributed by atoms with van der Waals surface area (Å²) in [6, 6.07) is 21.4. The van der Waals surface area contributed by atoms with Crippen molar-refractivity contribution in [3.8, 4) is 16.9 Å². The van der Waals surface area contributed by atoms with Gasteiger partial charge >= 0.3 is 5.97 Å². The van der Waals surface area contributed by atoms with Crippen molar-refractivity contribution in [1.82, 2.24) is 5.32 Å². The lowest BCUT2D eigenvalue weighted by Crippen LogP contribution is -2.56. The van der Waals surface area contributed by atoms with Crippen molar-refractivity contribution in [2.24, 2.45) is 0 Å². The summed E-state index contributed by atoms with van der Waals surface area (Å²) in [5.74, 6) is 0.303. The highest BCUT2D eigenvalue weighted by Crippen LogP contribution is 2.34. The Bertz CT molecular complexity index is 1170. The fourth-order valence-electron chi connectivity index (χ4n) is 4.52. The maximum atomic E-state index is 13.4. The number of ether oxygens (including phenoxy) is 2. The molecule has 5 nitrogen and oxygen atoms in total. The molecule has 0 fully saturated rings. The molecule has 3 aromatic carbocycles. The molecule has 1 amide bonds. The minimum atomic E-state index is -1.12. The molecule has 0 spiro atoms. The zero-order valence-electron chi connectivity index (χ0n) is 19.5. The molecule has 0 aromatic heterocycles. The summed E-state index contributed by atoms with van der Waals surface area (Å²) in [5.41, 5.74) is 4.44. The van der Waals surface area contributed by atoms with Gasteiger partial charge in [-0.05, 0) is 46.4 Å². The number of benzene rings is 3. The van der Waals surface area contributed by atoms with Gasteiger partial charge in [-0.15, -0.1) is 0 Å². The maximum Gasteiger partial charge on any atom is 0.332 e. The van der Waals surface area contributed by atoms with Crippen LogP contribution in [0, 0.1) is 0 Å². The number of carbonyl (C=O) groups excluding carboxylic acids is 2. The second-order valence-electron chi connectivity index (χ2n) is 8.85. The minimum Gasteiger partial charge on any atom is -0.496 e. The quantitative estimate of drug-likeness (QED) is 0.549. The second-order valence-corrected chi connectivity index (χ2v) is 8.85. The van der Waals surface area contributed by atoms with Crippen molar-refractivity contribution in [2.45, 2.75) is 38.1 Å². The highest BCUT2D eigenvalue weighted by Gasteiger charge is 2.46. The van der Waals surface area contributed by atoms with Crippen LogP contribution in [0.3, 0.4) is 0 Å². The fraction of sp³-hybridized carbons (Fsp3) is 0.286. The van der Waals surface area contributed by atoms with E-state index in [2.05, 4.69) is 31.3 Å². The summed E-state index contributed by atoms with van der Waals surface area (Å²) in [6.07, 6.45) is 0.808. The van der Waals surface area contributed by atoms with Crippen molar-refractivity contribution in [3.05, 3.63) is 89.0 Å². The summed E-state index contributed by atoms with van der Waals surface area (Å²) in [4.78, 5) is 26.2. The Balaban J connectivity index is 1.68. The van der Waals surface area contributed by atoms with Crippen molar-refractivity contribution in [2.75, 3.05) is 14.2 Å². The summed E-state index contributed by atoms with van der Waals surface area (Å²) in [5, 5.41) is 3.00. The van der Waals surface area contributed by atoms with Gasteiger partial charge in [-0.25, -0.2) is 4.79 Å². The summed E-state index contributed by atoms with van der Waals surface area (Å²) >= 11 is 0. The molecule has 1 aliphatic carbocycles. The van der Waals surface area contributed by atoms with E-state index in [-0.39, 0.29) is 5.91 Å². The molecule has 3 aromatic rings. The first-order chi connectivity index (χ1) is 15.9. The van der Waals surface area contributed by atoms with Gasteiger partial charge in [0.25, 0.3) is 5.91 Å². The van der Waals surface area contributed by atoms with Crippen LogP contribution >= 0.6 is 0 Å². The van der Waals surface area contributed by atoms with Crippen LogP contribution in [-0.2, 0) is 22.4 Å². The third kappa shape index (κ3) is 4.36. The monoisotopic (exact) mass is 443 g/mol. The van der Waals surface area contributed by atoms with Gasteiger partial charge in [0.15, 0.2) is 0 Å². The lowest BCUT2D eigenvalue weighted by Gasteiger charge is -2.27. The molecular weight excluding hydrogens is 414 g/mol. The Morgan fingerprint density at radius 1 is 0.909 bits per heavy atom. The SMILES string of the molecule is COC(=O)C1(NC(=O)c2ccc(OC)c(-c3cccc(C(C)C)c3)c2)Cc2ccccc2C1. The largest absolute Gasteiger partial charge is 0.496 e. The van der Waals surface area contributed by atoms with Gasteiger partial charge in [0.1, 0.15) is 11.3 Å². The Morgan fingerprint density at radius 2 is 1.61 bits per heavy atom. The van der Waals surface area contributed by atoms with E-state index < -0.39 is 11.5 Å². The van der Waals surface area contributed by atoms with Gasteiger partial charge in [0.2, 0.25) is 0 Å². The number of carbonyl (C=O) groups is 2. The summed E-state index contributed by atoms with van der Waals surface area (Å²) in [7, 11) is 2.97. The first-order valence-electron chi connectivity index (χ1n) is 11.1. The maximum absolute atomic E-state index is 13.4. The normalized spacial score (nSPS) is 14.0. The molecule has 0 atom stereocenters. The van der Waals surface area contributed by atoms with E-state index >= 15 is 0 Å². The number of esters is 1. The minimum absolute atomic E-state index is 0.322. The van der Waals surface area contributed by atoms with E-state index in [1.807, 2.05) is 42.5 Å². The molecule has 0 bridgehead atoms. The van der Waals surface area contributed by atoms with Gasteiger partial charge in [0, 0.05) is 24.0 Å². The molecule has 0 aliphatic heterocycles. The Kier molecular flexibility index (Phi) is 6.23. The first-order valence-corrected chi connectivity index (χ1v) is 11.1. The van der Waals surface area contributed by atoms with Gasteiger partial charge in [0.05, 0.1) is 14.2 Å². The predicted octanol–water partition coefficient (Wildman–Crippen LogP) is 4.93. The molecular formula is C28H29NO4. The zero-order valence-corrected chi connectivity index (χ0v) is 19.5. The Hall–Kier alpha value is -3.60. The average molecular weight is 444 g/mol. The van der Waals surface area contributed by atoms with Gasteiger partial charge in [-0.2, -0.15) is 0 Å². The van der Waals surface area contributed by atoms with Gasteiger partial charge in [-0.1, -0.05) is 62.4 Å². The van der Waals surface area contributed by atoms with Crippen LogP contribution in [0.1, 0.15) is 46.8 Å². The molecule has 0 unspecified atom stereocenters. The molecule has 0 radical (unpaired) electrons. The molecule has 5 heteroatoms. The number of hydrogen-bond donors (Lipinski definition) is 1. The number of amides is 1. The number of rotatable bonds is 6.